The first kappa shape index (κ1) is 19.6. The Labute approximate surface area is 191 Å². The minimum absolute atomic E-state index is 0.0484. The van der Waals surface area contributed by atoms with E-state index >= 15 is 0 Å². The summed E-state index contributed by atoms with van der Waals surface area (Å²) in [5, 5.41) is 5.57. The van der Waals surface area contributed by atoms with E-state index in [0.717, 1.165) is 39.6 Å². The van der Waals surface area contributed by atoms with Crippen molar-refractivity contribution < 1.29 is 4.79 Å². The summed E-state index contributed by atoms with van der Waals surface area (Å²) in [5.74, 6) is 2.14. The van der Waals surface area contributed by atoms with Gasteiger partial charge in [0.15, 0.2) is 10.9 Å². The molecule has 0 bridgehead atoms. The van der Waals surface area contributed by atoms with E-state index in [1.54, 1.807) is 16.4 Å². The first-order chi connectivity index (χ1) is 15.6. The maximum Gasteiger partial charge on any atom is 0.275 e. The van der Waals surface area contributed by atoms with Crippen LogP contribution >= 0.6 is 11.8 Å². The molecule has 6 rings (SSSR count). The van der Waals surface area contributed by atoms with Crippen molar-refractivity contribution in [3.8, 4) is 11.1 Å². The maximum absolute atomic E-state index is 13.7. The van der Waals surface area contributed by atoms with Crippen molar-refractivity contribution in [1.82, 2.24) is 24.2 Å². The number of aryl methyl sites for hydroxylation is 2. The largest absolute Gasteiger partial charge is 0.333 e. The third-order valence-corrected chi connectivity index (χ3v) is 7.94. The molecule has 1 saturated heterocycles. The summed E-state index contributed by atoms with van der Waals surface area (Å²) >= 11 is 1.75. The average Bonchev–Trinajstić information content (AvgIpc) is 3.16. The minimum atomic E-state index is 0.0484. The molecule has 162 valence electrons. The van der Waals surface area contributed by atoms with E-state index in [0.29, 0.717) is 17.5 Å². The smallest absolute Gasteiger partial charge is 0.275 e. The van der Waals surface area contributed by atoms with Gasteiger partial charge in [-0.15, -0.1) is 0 Å². The van der Waals surface area contributed by atoms with Crippen molar-refractivity contribution in [2.45, 2.75) is 17.6 Å². The van der Waals surface area contributed by atoms with Crippen LogP contribution in [-0.2, 0) is 14.1 Å². The number of benzene rings is 2. The van der Waals surface area contributed by atoms with Crippen molar-refractivity contribution in [3.63, 3.8) is 0 Å². The topological polar surface area (TPSA) is 56.0 Å². The monoisotopic (exact) mass is 443 g/mol. The molecular formula is C25H25N5OS. The van der Waals surface area contributed by atoms with Crippen LogP contribution in [0.2, 0.25) is 0 Å². The van der Waals surface area contributed by atoms with Crippen molar-refractivity contribution in [2.75, 3.05) is 12.3 Å². The molecule has 6 nitrogen and oxygen atoms in total. The van der Waals surface area contributed by atoms with Crippen LogP contribution in [0.5, 0.6) is 0 Å². The Kier molecular flexibility index (Phi) is 4.61. The van der Waals surface area contributed by atoms with Crippen LogP contribution in [0.3, 0.4) is 0 Å². The molecule has 2 aromatic heterocycles. The van der Waals surface area contributed by atoms with Crippen molar-refractivity contribution >= 4 is 28.7 Å². The average molecular weight is 444 g/mol. The molecule has 1 aliphatic carbocycles. The van der Waals surface area contributed by atoms with Gasteiger partial charge in [-0.1, -0.05) is 54.2 Å². The highest BCUT2D eigenvalue weighted by Gasteiger charge is 2.54. The molecule has 0 N–H and O–H groups in total. The number of para-hydroxylation sites is 2. The van der Waals surface area contributed by atoms with Gasteiger partial charge in [0, 0.05) is 44.2 Å². The lowest BCUT2D eigenvalue weighted by Gasteiger charge is -2.27. The third-order valence-electron chi connectivity index (χ3n) is 6.81. The number of likely N-dealkylation sites (tertiary alicyclic amines) is 1. The Balaban J connectivity index is 1.26. The van der Waals surface area contributed by atoms with Gasteiger partial charge in [-0.05, 0) is 36.0 Å². The molecule has 32 heavy (non-hydrogen) atoms. The van der Waals surface area contributed by atoms with Crippen LogP contribution in [0.4, 0.5) is 0 Å². The van der Waals surface area contributed by atoms with Crippen LogP contribution in [0.25, 0.3) is 22.2 Å². The first-order valence-electron chi connectivity index (χ1n) is 11.0. The molecule has 0 radical (unpaired) electrons. The van der Waals surface area contributed by atoms with Gasteiger partial charge in [0.1, 0.15) is 0 Å². The summed E-state index contributed by atoms with van der Waals surface area (Å²) < 4.78 is 3.90. The Bertz CT molecular complexity index is 1310. The molecule has 1 saturated carbocycles. The number of rotatable bonds is 5. The van der Waals surface area contributed by atoms with E-state index < -0.39 is 0 Å². The van der Waals surface area contributed by atoms with Crippen LogP contribution in [0.15, 0.2) is 66.0 Å². The number of carbonyl (C=O) groups is 1. The van der Waals surface area contributed by atoms with Crippen LogP contribution in [0.1, 0.15) is 16.9 Å². The fraction of sp³-hybridized carbons (Fsp3) is 0.320. The zero-order chi connectivity index (χ0) is 21.8. The summed E-state index contributed by atoms with van der Waals surface area (Å²) in [6.45, 7) is 0.835. The molecule has 7 heteroatoms. The van der Waals surface area contributed by atoms with E-state index in [1.807, 2.05) is 61.8 Å². The Morgan fingerprint density at radius 2 is 1.88 bits per heavy atom. The zero-order valence-electron chi connectivity index (χ0n) is 18.2. The van der Waals surface area contributed by atoms with Crippen LogP contribution < -0.4 is 0 Å². The molecule has 1 aliphatic heterocycles. The normalized spacial score (nSPS) is 21.8. The quantitative estimate of drug-likeness (QED) is 0.433. The SMILES string of the molecule is Cn1cc(-c2ccccc2)c(C(=O)N2CC3CC3C2CSc2nc3ccccc3n2C)n1. The Hall–Kier alpha value is -3.06. The fourth-order valence-corrected chi connectivity index (χ4v) is 6.24. The molecule has 3 unspecified atom stereocenters. The van der Waals surface area contributed by atoms with Gasteiger partial charge in [-0.2, -0.15) is 5.10 Å². The number of thioether (sulfide) groups is 1. The standard InChI is InChI=1S/C25H25N5OS/c1-28-14-19(16-8-4-3-5-9-16)23(27-28)24(31)30-13-17-12-18(17)22(30)15-32-25-26-20-10-6-7-11-21(20)29(25)2/h3-11,14,17-18,22H,12-13,15H2,1-2H3. The number of aromatic nitrogens is 4. The van der Waals surface area contributed by atoms with Crippen molar-refractivity contribution in [2.24, 2.45) is 25.9 Å². The summed E-state index contributed by atoms with van der Waals surface area (Å²) in [4.78, 5) is 20.5. The fourth-order valence-electron chi connectivity index (χ4n) is 5.04. The Morgan fingerprint density at radius 1 is 1.09 bits per heavy atom. The Morgan fingerprint density at radius 3 is 2.69 bits per heavy atom. The predicted octanol–water partition coefficient (Wildman–Crippen LogP) is 4.23. The highest BCUT2D eigenvalue weighted by Crippen LogP contribution is 2.51. The second-order valence-corrected chi connectivity index (χ2v) is 9.86. The second-order valence-electron chi connectivity index (χ2n) is 8.87. The minimum Gasteiger partial charge on any atom is -0.333 e. The summed E-state index contributed by atoms with van der Waals surface area (Å²) in [5.41, 5.74) is 4.64. The van der Waals surface area contributed by atoms with Gasteiger partial charge >= 0.3 is 0 Å². The summed E-state index contributed by atoms with van der Waals surface area (Å²) in [7, 11) is 3.94. The van der Waals surface area contributed by atoms with Crippen LogP contribution in [-0.4, -0.2) is 48.5 Å². The van der Waals surface area contributed by atoms with Crippen molar-refractivity contribution in [3.05, 3.63) is 66.5 Å². The van der Waals surface area contributed by atoms with E-state index in [1.165, 1.54) is 6.42 Å². The molecule has 3 heterocycles. The number of carbonyl (C=O) groups excluding carboxylic acids is 1. The number of piperidine rings is 1. The molecule has 2 fully saturated rings. The third kappa shape index (κ3) is 3.23. The first-order valence-corrected chi connectivity index (χ1v) is 12.0. The number of hydrogen-bond acceptors (Lipinski definition) is 4. The second kappa shape index (κ2) is 7.52. The van der Waals surface area contributed by atoms with E-state index in [-0.39, 0.29) is 11.9 Å². The van der Waals surface area contributed by atoms with E-state index in [9.17, 15) is 4.79 Å². The molecule has 0 spiro atoms. The summed E-state index contributed by atoms with van der Waals surface area (Å²) in [6.07, 6.45) is 3.17. The lowest BCUT2D eigenvalue weighted by atomic mass is 10.1. The lowest BCUT2D eigenvalue weighted by Crippen LogP contribution is -2.40. The molecule has 3 atom stereocenters. The number of fused-ring (bicyclic) bond motifs is 2. The van der Waals surface area contributed by atoms with Crippen LogP contribution in [0, 0.1) is 11.8 Å². The van der Waals surface area contributed by atoms with Gasteiger partial charge < -0.3 is 9.47 Å². The highest BCUT2D eigenvalue weighted by atomic mass is 32.2. The van der Waals surface area contributed by atoms with Gasteiger partial charge in [0.2, 0.25) is 0 Å². The van der Waals surface area contributed by atoms with Gasteiger partial charge in [0.25, 0.3) is 5.91 Å². The van der Waals surface area contributed by atoms with E-state index in [4.69, 9.17) is 4.98 Å². The van der Waals surface area contributed by atoms with Crippen molar-refractivity contribution in [1.29, 1.82) is 0 Å². The molecule has 4 aromatic rings. The number of nitrogens with zero attached hydrogens (tertiary/aromatic N) is 5. The maximum atomic E-state index is 13.7. The van der Waals surface area contributed by atoms with Gasteiger partial charge in [-0.3, -0.25) is 9.48 Å². The number of hydrogen-bond donors (Lipinski definition) is 0. The summed E-state index contributed by atoms with van der Waals surface area (Å²) in [6, 6.07) is 18.5. The molecular weight excluding hydrogens is 418 g/mol. The molecule has 2 aliphatic rings. The highest BCUT2D eigenvalue weighted by molar-refractivity contribution is 7.99. The zero-order valence-corrected chi connectivity index (χ0v) is 19.0. The molecule has 2 aromatic carbocycles. The number of imidazole rings is 1. The predicted molar refractivity (Wildman–Crippen MR) is 127 cm³/mol. The van der Waals surface area contributed by atoms with E-state index in [2.05, 4.69) is 27.7 Å². The lowest BCUT2D eigenvalue weighted by molar-refractivity contribution is 0.0717. The van der Waals surface area contributed by atoms with Gasteiger partial charge in [-0.25, -0.2) is 4.98 Å². The molecule has 1 amide bonds. The number of amides is 1. The van der Waals surface area contributed by atoms with Gasteiger partial charge in [0.05, 0.1) is 11.0 Å².